The maximum absolute atomic E-state index is 8.51. The molecule has 6 heavy (non-hydrogen) atoms. The van der Waals surface area contributed by atoms with Gasteiger partial charge in [0.15, 0.2) is 6.29 Å². The minimum Gasteiger partial charge on any atom is -0.368 e. The third-order valence-electron chi connectivity index (χ3n) is 0.906. The zero-order valence-corrected chi connectivity index (χ0v) is 3.55. The van der Waals surface area contributed by atoms with Crippen LogP contribution in [0.25, 0.3) is 0 Å². The van der Waals surface area contributed by atoms with Crippen molar-refractivity contribution < 1.29 is 9.84 Å². The molecule has 1 aliphatic heterocycles. The van der Waals surface area contributed by atoms with Crippen molar-refractivity contribution in [3.05, 3.63) is 0 Å². The molecule has 1 N–H and O–H groups in total. The van der Waals surface area contributed by atoms with Crippen LogP contribution in [-0.2, 0) is 4.74 Å². The minimum atomic E-state index is -0.454. The summed E-state index contributed by atoms with van der Waals surface area (Å²) in [6.07, 6.45) is 1.38. The van der Waals surface area contributed by atoms with Crippen molar-refractivity contribution in [3.63, 3.8) is 0 Å². The summed E-state index contributed by atoms with van der Waals surface area (Å²) in [6, 6.07) is 0. The molecule has 0 bridgehead atoms. The van der Waals surface area contributed by atoms with Crippen LogP contribution < -0.4 is 0 Å². The average Bonchev–Trinajstić information content (AvgIpc) is 1.86. The predicted octanol–water partition coefficient (Wildman–Crippen LogP) is 0.115. The topological polar surface area (TPSA) is 29.5 Å². The molecule has 1 rings (SSSR count). The summed E-state index contributed by atoms with van der Waals surface area (Å²) in [6.45, 7) is 0.737. The Hall–Kier alpha value is -0.0800. The first-order valence-electron chi connectivity index (χ1n) is 2.19. The molecule has 0 aliphatic carbocycles. The largest absolute Gasteiger partial charge is 0.368 e. The molecule has 0 aromatic carbocycles. The second-order valence-electron chi connectivity index (χ2n) is 1.47. The molecule has 1 saturated heterocycles. The summed E-state index contributed by atoms with van der Waals surface area (Å²) >= 11 is 0. The van der Waals surface area contributed by atoms with Gasteiger partial charge in [-0.2, -0.15) is 0 Å². The molecule has 1 fully saturated rings. The monoisotopic (exact) mass is 88.1 g/mol. The van der Waals surface area contributed by atoms with E-state index in [1.165, 1.54) is 0 Å². The van der Waals surface area contributed by atoms with Crippen molar-refractivity contribution in [2.75, 3.05) is 6.61 Å². The number of hydrogen-bond acceptors (Lipinski definition) is 2. The summed E-state index contributed by atoms with van der Waals surface area (Å²) in [5.41, 5.74) is 0. The summed E-state index contributed by atoms with van der Waals surface area (Å²) in [4.78, 5) is 0. The molecule has 0 aromatic heterocycles. The highest BCUT2D eigenvalue weighted by molar-refractivity contribution is 4.49. The third kappa shape index (κ3) is 0.698. The van der Waals surface area contributed by atoms with E-state index in [-0.39, 0.29) is 0 Å². The SMILES string of the molecule is O[C@@H]1CCCO1. The molecule has 0 unspecified atom stereocenters. The summed E-state index contributed by atoms with van der Waals surface area (Å²) < 4.78 is 4.71. The van der Waals surface area contributed by atoms with Crippen molar-refractivity contribution in [1.82, 2.24) is 0 Å². The number of hydrogen-bond donors (Lipinski definition) is 1. The van der Waals surface area contributed by atoms with E-state index in [4.69, 9.17) is 9.84 Å². The van der Waals surface area contributed by atoms with Crippen LogP contribution in [0.15, 0.2) is 0 Å². The van der Waals surface area contributed by atoms with Gasteiger partial charge in [0.1, 0.15) is 0 Å². The number of rotatable bonds is 0. The molecule has 2 nitrogen and oxygen atoms in total. The fourth-order valence-corrected chi connectivity index (χ4v) is 0.561. The van der Waals surface area contributed by atoms with Crippen molar-refractivity contribution >= 4 is 0 Å². The van der Waals surface area contributed by atoms with Crippen LogP contribution in [0.3, 0.4) is 0 Å². The van der Waals surface area contributed by atoms with Crippen LogP contribution >= 0.6 is 0 Å². The highest BCUT2D eigenvalue weighted by atomic mass is 16.6. The number of aliphatic hydroxyl groups is 1. The van der Waals surface area contributed by atoms with E-state index in [1.54, 1.807) is 0 Å². The Kier molecular flexibility index (Phi) is 1.08. The van der Waals surface area contributed by atoms with Gasteiger partial charge in [-0.25, -0.2) is 0 Å². The summed E-state index contributed by atoms with van der Waals surface area (Å²) in [5, 5.41) is 8.51. The molecule has 0 radical (unpaired) electrons. The predicted molar refractivity (Wildman–Crippen MR) is 21.2 cm³/mol. The zero-order chi connectivity index (χ0) is 4.41. The van der Waals surface area contributed by atoms with E-state index in [9.17, 15) is 0 Å². The molecule has 0 spiro atoms. The van der Waals surface area contributed by atoms with Gasteiger partial charge < -0.3 is 9.84 Å². The van der Waals surface area contributed by atoms with Gasteiger partial charge >= 0.3 is 0 Å². The average molecular weight is 88.1 g/mol. The lowest BCUT2D eigenvalue weighted by atomic mass is 10.4. The van der Waals surface area contributed by atoms with Gasteiger partial charge in [0.25, 0.3) is 0 Å². The summed E-state index contributed by atoms with van der Waals surface area (Å²) in [7, 11) is 0. The normalized spacial score (nSPS) is 34.5. The van der Waals surface area contributed by atoms with E-state index >= 15 is 0 Å². The lowest BCUT2D eigenvalue weighted by Gasteiger charge is -1.93. The van der Waals surface area contributed by atoms with Gasteiger partial charge in [0.05, 0.1) is 0 Å². The molecule has 1 atom stereocenters. The first kappa shape index (κ1) is 4.09. The maximum atomic E-state index is 8.51. The van der Waals surface area contributed by atoms with Gasteiger partial charge in [0, 0.05) is 13.0 Å². The van der Waals surface area contributed by atoms with Crippen LogP contribution in [0.1, 0.15) is 12.8 Å². The number of ether oxygens (including phenoxy) is 1. The van der Waals surface area contributed by atoms with Gasteiger partial charge in [-0.3, -0.25) is 0 Å². The van der Waals surface area contributed by atoms with Gasteiger partial charge in [-0.1, -0.05) is 0 Å². The van der Waals surface area contributed by atoms with Crippen molar-refractivity contribution in [2.24, 2.45) is 0 Å². The molecule has 1 aliphatic rings. The molecule has 36 valence electrons. The molecular weight excluding hydrogens is 80.0 g/mol. The molecular formula is C4H8O2. The van der Waals surface area contributed by atoms with Gasteiger partial charge in [0.2, 0.25) is 0 Å². The smallest absolute Gasteiger partial charge is 0.154 e. The molecule has 0 amide bonds. The minimum absolute atomic E-state index is 0.454. The first-order valence-corrected chi connectivity index (χ1v) is 2.19. The third-order valence-corrected chi connectivity index (χ3v) is 0.906. The lowest BCUT2D eigenvalue weighted by Crippen LogP contribution is -1.99. The zero-order valence-electron chi connectivity index (χ0n) is 3.55. The van der Waals surface area contributed by atoms with Crippen molar-refractivity contribution in [2.45, 2.75) is 19.1 Å². The molecule has 1 heterocycles. The Labute approximate surface area is 36.7 Å². The standard InChI is InChI=1S/C4H8O2/c5-4-2-1-3-6-4/h4-5H,1-3H2/t4-/m0/s1. The quantitative estimate of drug-likeness (QED) is 0.455. The Morgan fingerprint density at radius 1 is 1.67 bits per heavy atom. The fraction of sp³-hybridized carbons (Fsp3) is 1.00. The molecule has 2 heteroatoms. The van der Waals surface area contributed by atoms with Crippen LogP contribution in [0.4, 0.5) is 0 Å². The van der Waals surface area contributed by atoms with E-state index in [0.29, 0.717) is 0 Å². The highest BCUT2D eigenvalue weighted by Gasteiger charge is 2.09. The van der Waals surface area contributed by atoms with E-state index in [1.807, 2.05) is 0 Å². The first-order chi connectivity index (χ1) is 2.89. The van der Waals surface area contributed by atoms with Crippen molar-refractivity contribution in [3.8, 4) is 0 Å². The Balaban J connectivity index is 2.18. The molecule has 0 aromatic rings. The van der Waals surface area contributed by atoms with Gasteiger partial charge in [-0.15, -0.1) is 0 Å². The Bertz CT molecular complexity index is 38.8. The van der Waals surface area contributed by atoms with Crippen molar-refractivity contribution in [1.29, 1.82) is 0 Å². The lowest BCUT2D eigenvalue weighted by molar-refractivity contribution is -0.0589. The second-order valence-corrected chi connectivity index (χ2v) is 1.47. The van der Waals surface area contributed by atoms with Crippen LogP contribution in [0.2, 0.25) is 0 Å². The molecule has 0 saturated carbocycles. The van der Waals surface area contributed by atoms with Crippen LogP contribution in [-0.4, -0.2) is 18.0 Å². The fourth-order valence-electron chi connectivity index (χ4n) is 0.561. The second kappa shape index (κ2) is 1.58. The summed E-state index contributed by atoms with van der Waals surface area (Å²) in [5.74, 6) is 0. The number of aliphatic hydroxyl groups excluding tert-OH is 1. The van der Waals surface area contributed by atoms with Crippen LogP contribution in [0, 0.1) is 0 Å². The maximum Gasteiger partial charge on any atom is 0.154 e. The highest BCUT2D eigenvalue weighted by Crippen LogP contribution is 2.06. The van der Waals surface area contributed by atoms with E-state index < -0.39 is 6.29 Å². The Morgan fingerprint density at radius 2 is 2.50 bits per heavy atom. The van der Waals surface area contributed by atoms with E-state index in [2.05, 4.69) is 0 Å². The van der Waals surface area contributed by atoms with Crippen LogP contribution in [0.5, 0.6) is 0 Å². The van der Waals surface area contributed by atoms with Gasteiger partial charge in [-0.05, 0) is 6.42 Å². The van der Waals surface area contributed by atoms with E-state index in [0.717, 1.165) is 19.4 Å². The Morgan fingerprint density at radius 3 is 2.67 bits per heavy atom.